The second-order valence-electron chi connectivity index (χ2n) is 7.36. The lowest BCUT2D eigenvalue weighted by atomic mass is 10.2. The number of amides is 1. The predicted molar refractivity (Wildman–Crippen MR) is 125 cm³/mol. The number of benzene rings is 2. The molecule has 0 saturated carbocycles. The van der Waals surface area contributed by atoms with Gasteiger partial charge in [0.05, 0.1) is 18.4 Å². The number of carbonyl (C=O) groups is 1. The minimum absolute atomic E-state index is 0.233. The van der Waals surface area contributed by atoms with Gasteiger partial charge in [-0.2, -0.15) is 10.2 Å². The minimum atomic E-state index is -0.444. The molecular weight excluding hydrogens is 442 g/mol. The molecule has 0 radical (unpaired) electrons. The van der Waals surface area contributed by atoms with Gasteiger partial charge in [-0.25, -0.2) is 9.67 Å². The van der Waals surface area contributed by atoms with Crippen LogP contribution in [0, 0.1) is 0 Å². The number of nitrogens with one attached hydrogen (secondary N) is 1. The number of hydrogen-bond acceptors (Lipinski definition) is 5. The van der Waals surface area contributed by atoms with E-state index >= 15 is 0 Å². The first-order valence-corrected chi connectivity index (χ1v) is 10.5. The summed E-state index contributed by atoms with van der Waals surface area (Å²) in [6.07, 6.45) is 4.43. The van der Waals surface area contributed by atoms with Crippen molar-refractivity contribution in [3.63, 3.8) is 0 Å². The van der Waals surface area contributed by atoms with Crippen LogP contribution in [-0.4, -0.2) is 35.0 Å². The van der Waals surface area contributed by atoms with Crippen LogP contribution in [0.15, 0.2) is 84.2 Å². The van der Waals surface area contributed by atoms with E-state index < -0.39 is 5.91 Å². The number of carbonyl (C=O) groups excluding carboxylic acids is 1. The number of fused-ring (bicyclic) bond motifs is 1. The lowest BCUT2D eigenvalue weighted by molar-refractivity contribution is -0.116. The van der Waals surface area contributed by atoms with Crippen LogP contribution in [-0.2, 0) is 17.9 Å². The zero-order valence-electron chi connectivity index (χ0n) is 17.3. The minimum Gasteiger partial charge on any atom is -0.306 e. The molecule has 164 valence electrons. The fourth-order valence-corrected chi connectivity index (χ4v) is 3.68. The Morgan fingerprint density at radius 1 is 1.03 bits per heavy atom. The molecule has 0 fully saturated rings. The molecule has 0 aliphatic rings. The second kappa shape index (κ2) is 8.71. The summed E-state index contributed by atoms with van der Waals surface area (Å²) in [6.45, 7) is 0.280. The summed E-state index contributed by atoms with van der Waals surface area (Å²) >= 11 is 6.24. The summed E-state index contributed by atoms with van der Waals surface area (Å²) < 4.78 is 4.45. The zero-order chi connectivity index (χ0) is 22.8. The molecule has 0 bridgehead atoms. The Kier molecular flexibility index (Phi) is 5.45. The average molecular weight is 460 g/mol. The Bertz CT molecular complexity index is 1490. The molecule has 2 aromatic carbocycles. The summed E-state index contributed by atoms with van der Waals surface area (Å²) in [5.74, 6) is -0.211. The largest absolute Gasteiger partial charge is 0.306 e. The van der Waals surface area contributed by atoms with E-state index in [2.05, 4.69) is 20.5 Å². The van der Waals surface area contributed by atoms with Crippen molar-refractivity contribution in [1.29, 1.82) is 0 Å². The van der Waals surface area contributed by atoms with Crippen molar-refractivity contribution in [2.24, 2.45) is 0 Å². The third-order valence-electron chi connectivity index (χ3n) is 5.03. The quantitative estimate of drug-likeness (QED) is 0.420. The number of aromatic nitrogens is 6. The first-order valence-electron chi connectivity index (χ1n) is 10.1. The number of nitrogens with zero attached hydrogens (tertiary/aromatic N) is 6. The van der Waals surface area contributed by atoms with E-state index in [4.69, 9.17) is 11.6 Å². The highest BCUT2D eigenvalue weighted by atomic mass is 35.5. The van der Waals surface area contributed by atoms with Gasteiger partial charge >= 0.3 is 0 Å². The van der Waals surface area contributed by atoms with Crippen LogP contribution < -0.4 is 10.9 Å². The molecule has 0 saturated heterocycles. The van der Waals surface area contributed by atoms with Crippen LogP contribution in [0.1, 0.15) is 5.56 Å². The van der Waals surface area contributed by atoms with Gasteiger partial charge in [-0.05, 0) is 17.7 Å². The molecule has 3 heterocycles. The van der Waals surface area contributed by atoms with E-state index in [0.717, 1.165) is 11.3 Å². The van der Waals surface area contributed by atoms with E-state index in [0.29, 0.717) is 22.6 Å². The maximum Gasteiger partial charge on any atom is 0.264 e. The highest BCUT2D eigenvalue weighted by Crippen LogP contribution is 2.20. The fourth-order valence-electron chi connectivity index (χ4n) is 3.48. The van der Waals surface area contributed by atoms with Crippen LogP contribution >= 0.6 is 11.6 Å². The summed E-state index contributed by atoms with van der Waals surface area (Å²) in [6, 6.07) is 19.2. The van der Waals surface area contributed by atoms with E-state index in [1.807, 2.05) is 60.7 Å². The summed E-state index contributed by atoms with van der Waals surface area (Å²) in [7, 11) is 0. The van der Waals surface area contributed by atoms with Crippen LogP contribution in [0.5, 0.6) is 0 Å². The maximum atomic E-state index is 12.9. The van der Waals surface area contributed by atoms with E-state index in [1.165, 1.54) is 17.1 Å². The van der Waals surface area contributed by atoms with Crippen molar-refractivity contribution in [2.75, 3.05) is 5.32 Å². The first-order chi connectivity index (χ1) is 16.1. The molecule has 0 spiro atoms. The van der Waals surface area contributed by atoms with Crippen molar-refractivity contribution in [3.8, 4) is 5.69 Å². The molecule has 0 atom stereocenters. The normalized spacial score (nSPS) is 11.1. The number of anilines is 1. The van der Waals surface area contributed by atoms with Crippen LogP contribution in [0.3, 0.4) is 0 Å². The van der Waals surface area contributed by atoms with Gasteiger partial charge in [-0.3, -0.25) is 18.8 Å². The van der Waals surface area contributed by atoms with Gasteiger partial charge in [0.2, 0.25) is 5.91 Å². The lowest BCUT2D eigenvalue weighted by Gasteiger charge is -2.07. The van der Waals surface area contributed by atoms with Crippen LogP contribution in [0.2, 0.25) is 5.02 Å². The van der Waals surface area contributed by atoms with Gasteiger partial charge in [0.15, 0.2) is 11.5 Å². The number of halogens is 1. The fraction of sp³-hybridized carbons (Fsp3) is 0.0870. The summed E-state index contributed by atoms with van der Waals surface area (Å²) in [5, 5.41) is 11.9. The Labute approximate surface area is 192 Å². The zero-order valence-corrected chi connectivity index (χ0v) is 18.1. The SMILES string of the molecule is O=C(Cn1cnc2c(cnn2-c2ccccc2)c1=O)Nc1nn(Cc2ccccc2)cc1Cl. The second-order valence-corrected chi connectivity index (χ2v) is 7.77. The Hall–Kier alpha value is -4.24. The summed E-state index contributed by atoms with van der Waals surface area (Å²) in [5.41, 5.74) is 1.90. The Balaban J connectivity index is 1.33. The van der Waals surface area contributed by atoms with E-state index in [-0.39, 0.29) is 17.9 Å². The molecule has 0 aliphatic heterocycles. The molecule has 5 rings (SSSR count). The van der Waals surface area contributed by atoms with Gasteiger partial charge in [0.1, 0.15) is 23.3 Å². The molecule has 10 heteroatoms. The van der Waals surface area contributed by atoms with Crippen molar-refractivity contribution in [1.82, 2.24) is 29.1 Å². The van der Waals surface area contributed by atoms with Crippen molar-refractivity contribution < 1.29 is 4.79 Å². The van der Waals surface area contributed by atoms with Gasteiger partial charge in [-0.15, -0.1) is 0 Å². The number of hydrogen-bond donors (Lipinski definition) is 1. The van der Waals surface area contributed by atoms with Gasteiger partial charge in [0.25, 0.3) is 5.56 Å². The van der Waals surface area contributed by atoms with Crippen molar-refractivity contribution in [3.05, 3.63) is 100 Å². The van der Waals surface area contributed by atoms with Gasteiger partial charge in [0, 0.05) is 6.20 Å². The molecule has 0 aliphatic carbocycles. The first kappa shape index (κ1) is 20.7. The van der Waals surface area contributed by atoms with Crippen molar-refractivity contribution in [2.45, 2.75) is 13.1 Å². The molecule has 5 aromatic rings. The molecule has 33 heavy (non-hydrogen) atoms. The van der Waals surface area contributed by atoms with Gasteiger partial charge in [-0.1, -0.05) is 60.1 Å². The summed E-state index contributed by atoms with van der Waals surface area (Å²) in [4.78, 5) is 29.8. The van der Waals surface area contributed by atoms with E-state index in [9.17, 15) is 9.59 Å². The Morgan fingerprint density at radius 2 is 1.76 bits per heavy atom. The number of para-hydroxylation sites is 1. The third kappa shape index (κ3) is 4.26. The van der Waals surface area contributed by atoms with Crippen molar-refractivity contribution >= 4 is 34.4 Å². The standard InChI is InChI=1S/C23H18ClN7O2/c24-19-13-30(12-16-7-3-1-4-8-16)28-21(19)27-20(32)14-29-15-25-22-18(23(29)33)11-26-31(22)17-9-5-2-6-10-17/h1-11,13,15H,12,14H2,(H,27,28,32). The van der Waals surface area contributed by atoms with Crippen LogP contribution in [0.4, 0.5) is 5.82 Å². The molecular formula is C23H18ClN7O2. The molecule has 0 unspecified atom stereocenters. The monoisotopic (exact) mass is 459 g/mol. The molecule has 1 amide bonds. The Morgan fingerprint density at radius 3 is 2.52 bits per heavy atom. The predicted octanol–water partition coefficient (Wildman–Crippen LogP) is 3.12. The van der Waals surface area contributed by atoms with Crippen LogP contribution in [0.25, 0.3) is 16.7 Å². The lowest BCUT2D eigenvalue weighted by Crippen LogP contribution is -2.28. The third-order valence-corrected chi connectivity index (χ3v) is 5.31. The smallest absolute Gasteiger partial charge is 0.264 e. The highest BCUT2D eigenvalue weighted by molar-refractivity contribution is 6.33. The topological polar surface area (TPSA) is 99.6 Å². The van der Waals surface area contributed by atoms with E-state index in [1.54, 1.807) is 15.6 Å². The molecule has 1 N–H and O–H groups in total. The van der Waals surface area contributed by atoms with Gasteiger partial charge < -0.3 is 5.32 Å². The number of rotatable bonds is 6. The highest BCUT2D eigenvalue weighted by Gasteiger charge is 2.15. The molecule has 3 aromatic heterocycles. The molecule has 9 nitrogen and oxygen atoms in total. The maximum absolute atomic E-state index is 12.9. The average Bonchev–Trinajstić information content (AvgIpc) is 3.40.